The zero-order valence-corrected chi connectivity index (χ0v) is 19.4. The molecule has 152 valence electrons. The normalized spacial score (nSPS) is 17.5. The molecule has 1 atom stereocenters. The van der Waals surface area contributed by atoms with E-state index in [4.69, 9.17) is 0 Å². The van der Waals surface area contributed by atoms with Crippen LogP contribution in [0.1, 0.15) is 61.1 Å². The largest absolute Gasteiger partial charge is 0.348 e. The van der Waals surface area contributed by atoms with Gasteiger partial charge in [0.25, 0.3) is 0 Å². The summed E-state index contributed by atoms with van der Waals surface area (Å²) >= 11 is 0. The first-order valence-corrected chi connectivity index (χ1v) is 10.8. The Labute approximate surface area is 172 Å². The van der Waals surface area contributed by atoms with Crippen LogP contribution in [-0.4, -0.2) is 19.3 Å². The molecule has 0 radical (unpaired) electrons. The molecule has 2 nitrogen and oxygen atoms in total. The van der Waals surface area contributed by atoms with Crippen molar-refractivity contribution in [1.82, 2.24) is 0 Å². The molecule has 1 saturated heterocycles. The quantitative estimate of drug-likeness (QED) is 0.602. The Bertz CT molecular complexity index is 850. The van der Waals surface area contributed by atoms with E-state index >= 15 is 0 Å². The van der Waals surface area contributed by atoms with Crippen molar-refractivity contribution in [3.8, 4) is 0 Å². The van der Waals surface area contributed by atoms with Crippen LogP contribution in [0.3, 0.4) is 0 Å². The van der Waals surface area contributed by atoms with Gasteiger partial charge in [0.05, 0.1) is 0 Å². The van der Waals surface area contributed by atoms with E-state index in [1.54, 1.807) is 0 Å². The second-order valence-corrected chi connectivity index (χ2v) is 9.82. The Morgan fingerprint density at radius 2 is 1.18 bits per heavy atom. The molecular weight excluding hydrogens is 340 g/mol. The van der Waals surface area contributed by atoms with Crippen LogP contribution in [0.5, 0.6) is 0 Å². The summed E-state index contributed by atoms with van der Waals surface area (Å²) in [6.07, 6.45) is 1.42. The van der Waals surface area contributed by atoms with E-state index in [2.05, 4.69) is 96.4 Å². The maximum Gasteiger partial charge on any atom is 0.107 e. The standard InChI is InChI=1S/C26H38N2/c1-10-22-16-18(3)15-21(6)24(22)28-12-11-27(25(28)26(7,8)9)23-19(4)13-17(2)14-20(23)5/h13-16,25H,10-12H2,1-9H3. The second-order valence-electron chi connectivity index (χ2n) is 9.82. The molecule has 28 heavy (non-hydrogen) atoms. The fraction of sp³-hybridized carbons (Fsp3) is 0.538. The number of hydrogen-bond acceptors (Lipinski definition) is 2. The first kappa shape index (κ1) is 20.8. The van der Waals surface area contributed by atoms with E-state index in [1.807, 2.05) is 0 Å². The van der Waals surface area contributed by atoms with Gasteiger partial charge in [0.2, 0.25) is 0 Å². The predicted octanol–water partition coefficient (Wildman–Crippen LogP) is 6.49. The highest BCUT2D eigenvalue weighted by atomic mass is 15.4. The first-order chi connectivity index (χ1) is 13.0. The average Bonchev–Trinajstić information content (AvgIpc) is 2.97. The Morgan fingerprint density at radius 3 is 1.64 bits per heavy atom. The number of rotatable bonds is 3. The van der Waals surface area contributed by atoms with Crippen LogP contribution in [0.25, 0.3) is 0 Å². The zero-order valence-electron chi connectivity index (χ0n) is 19.4. The van der Waals surface area contributed by atoms with E-state index in [1.165, 1.54) is 44.8 Å². The van der Waals surface area contributed by atoms with Gasteiger partial charge in [-0.15, -0.1) is 0 Å². The van der Waals surface area contributed by atoms with Gasteiger partial charge >= 0.3 is 0 Å². The van der Waals surface area contributed by atoms with Gasteiger partial charge < -0.3 is 9.80 Å². The minimum atomic E-state index is 0.141. The summed E-state index contributed by atoms with van der Waals surface area (Å²) in [6, 6.07) is 9.39. The minimum absolute atomic E-state index is 0.141. The fourth-order valence-electron chi connectivity index (χ4n) is 5.39. The highest BCUT2D eigenvalue weighted by molar-refractivity contribution is 5.68. The molecule has 1 aliphatic rings. The lowest BCUT2D eigenvalue weighted by molar-refractivity contribution is 0.322. The Kier molecular flexibility index (Phi) is 5.53. The van der Waals surface area contributed by atoms with Crippen LogP contribution in [0.2, 0.25) is 0 Å². The van der Waals surface area contributed by atoms with E-state index in [0.717, 1.165) is 19.5 Å². The van der Waals surface area contributed by atoms with Crippen molar-refractivity contribution in [1.29, 1.82) is 0 Å². The molecular formula is C26H38N2. The van der Waals surface area contributed by atoms with Crippen LogP contribution in [0.15, 0.2) is 24.3 Å². The van der Waals surface area contributed by atoms with Crippen molar-refractivity contribution < 1.29 is 0 Å². The van der Waals surface area contributed by atoms with Crippen molar-refractivity contribution in [2.24, 2.45) is 5.41 Å². The van der Waals surface area contributed by atoms with E-state index in [0.29, 0.717) is 6.17 Å². The number of benzene rings is 2. The van der Waals surface area contributed by atoms with E-state index in [-0.39, 0.29) is 5.41 Å². The topological polar surface area (TPSA) is 6.48 Å². The molecule has 3 rings (SSSR count). The highest BCUT2D eigenvalue weighted by Gasteiger charge is 2.42. The minimum Gasteiger partial charge on any atom is -0.348 e. The summed E-state index contributed by atoms with van der Waals surface area (Å²) in [6.45, 7) is 22.8. The van der Waals surface area contributed by atoms with Gasteiger partial charge in [-0.1, -0.05) is 63.1 Å². The SMILES string of the molecule is CCc1cc(C)cc(C)c1N1CCN(c2c(C)cc(C)cc2C)C1C(C)(C)C. The highest BCUT2D eigenvalue weighted by Crippen LogP contribution is 2.42. The lowest BCUT2D eigenvalue weighted by Gasteiger charge is -2.43. The molecule has 2 heteroatoms. The Hall–Kier alpha value is -1.96. The lowest BCUT2D eigenvalue weighted by atomic mass is 9.89. The molecule has 0 aliphatic carbocycles. The van der Waals surface area contributed by atoms with Crippen LogP contribution >= 0.6 is 0 Å². The third-order valence-electron chi connectivity index (χ3n) is 6.06. The van der Waals surface area contributed by atoms with Gasteiger partial charge in [-0.05, 0) is 63.3 Å². The molecule has 2 aromatic carbocycles. The fourth-order valence-corrected chi connectivity index (χ4v) is 5.39. The van der Waals surface area contributed by atoms with Crippen molar-refractivity contribution in [2.75, 3.05) is 22.9 Å². The summed E-state index contributed by atoms with van der Waals surface area (Å²) in [5, 5.41) is 0. The van der Waals surface area contributed by atoms with Crippen molar-refractivity contribution in [3.05, 3.63) is 57.6 Å². The van der Waals surface area contributed by atoms with Crippen LogP contribution in [0, 0.1) is 40.0 Å². The lowest BCUT2D eigenvalue weighted by Crippen LogP contribution is -2.49. The number of nitrogens with zero attached hydrogens (tertiary/aromatic N) is 2. The van der Waals surface area contributed by atoms with Gasteiger partial charge in [0.1, 0.15) is 6.17 Å². The molecule has 0 bridgehead atoms. The second kappa shape index (κ2) is 7.46. The average molecular weight is 379 g/mol. The predicted molar refractivity (Wildman–Crippen MR) is 124 cm³/mol. The van der Waals surface area contributed by atoms with Crippen molar-refractivity contribution in [3.63, 3.8) is 0 Å². The zero-order chi connectivity index (χ0) is 20.8. The van der Waals surface area contributed by atoms with Gasteiger partial charge in [0.15, 0.2) is 0 Å². The molecule has 1 aliphatic heterocycles. The summed E-state index contributed by atoms with van der Waals surface area (Å²) in [4.78, 5) is 5.36. The number of aryl methyl sites for hydroxylation is 6. The smallest absolute Gasteiger partial charge is 0.107 e. The monoisotopic (exact) mass is 378 g/mol. The Balaban J connectivity index is 2.15. The van der Waals surface area contributed by atoms with E-state index in [9.17, 15) is 0 Å². The van der Waals surface area contributed by atoms with Gasteiger partial charge in [-0.2, -0.15) is 0 Å². The number of anilines is 2. The molecule has 1 heterocycles. The van der Waals surface area contributed by atoms with Crippen LogP contribution in [0.4, 0.5) is 11.4 Å². The molecule has 0 saturated carbocycles. The van der Waals surface area contributed by atoms with Crippen molar-refractivity contribution in [2.45, 2.75) is 74.9 Å². The van der Waals surface area contributed by atoms with Gasteiger partial charge in [0, 0.05) is 29.9 Å². The van der Waals surface area contributed by atoms with Crippen LogP contribution in [-0.2, 0) is 6.42 Å². The number of hydrogen-bond donors (Lipinski definition) is 0. The molecule has 0 spiro atoms. The van der Waals surface area contributed by atoms with Crippen molar-refractivity contribution >= 4 is 11.4 Å². The molecule has 2 aromatic rings. The summed E-state index contributed by atoms with van der Waals surface area (Å²) in [7, 11) is 0. The molecule has 0 N–H and O–H groups in total. The van der Waals surface area contributed by atoms with E-state index < -0.39 is 0 Å². The summed E-state index contributed by atoms with van der Waals surface area (Å²) < 4.78 is 0. The molecule has 1 fully saturated rings. The molecule has 0 aromatic heterocycles. The third-order valence-corrected chi connectivity index (χ3v) is 6.06. The summed E-state index contributed by atoms with van der Waals surface area (Å²) in [5.41, 5.74) is 11.4. The summed E-state index contributed by atoms with van der Waals surface area (Å²) in [5.74, 6) is 0. The van der Waals surface area contributed by atoms with Gasteiger partial charge in [-0.3, -0.25) is 0 Å². The molecule has 0 amide bonds. The maximum atomic E-state index is 2.69. The third kappa shape index (κ3) is 3.66. The molecule has 1 unspecified atom stereocenters. The van der Waals surface area contributed by atoms with Crippen LogP contribution < -0.4 is 9.80 Å². The maximum absolute atomic E-state index is 2.69. The van der Waals surface area contributed by atoms with Gasteiger partial charge in [-0.25, -0.2) is 0 Å². The Morgan fingerprint density at radius 1 is 0.750 bits per heavy atom. The first-order valence-electron chi connectivity index (χ1n) is 10.8.